The SMILES string of the molecule is O=C(c1ccc(F)c(F)c1F)N1CC[C@H](c2cccs2)S(=O)(=O)CC1. The number of halogens is 3. The number of rotatable bonds is 2. The van der Waals surface area contributed by atoms with Gasteiger partial charge in [-0.1, -0.05) is 6.07 Å². The average Bonchev–Trinajstić information content (AvgIpc) is 3.04. The fourth-order valence-corrected chi connectivity index (χ4v) is 5.81. The zero-order chi connectivity index (χ0) is 18.2. The van der Waals surface area contributed by atoms with Crippen molar-refractivity contribution in [3.63, 3.8) is 0 Å². The highest BCUT2D eigenvalue weighted by atomic mass is 32.2. The molecule has 2 heterocycles. The molecule has 2 aromatic rings. The predicted octanol–water partition coefficient (Wildman–Crippen LogP) is 3.17. The molecule has 1 aliphatic heterocycles. The number of amides is 1. The molecule has 0 bridgehead atoms. The summed E-state index contributed by atoms with van der Waals surface area (Å²) in [6.45, 7) is -0.0411. The lowest BCUT2D eigenvalue weighted by molar-refractivity contribution is 0.0760. The molecule has 0 spiro atoms. The van der Waals surface area contributed by atoms with Gasteiger partial charge in [0.05, 0.1) is 16.6 Å². The largest absolute Gasteiger partial charge is 0.337 e. The molecule has 0 N–H and O–H groups in total. The minimum atomic E-state index is -3.47. The third-order valence-corrected chi connectivity index (χ3v) is 7.40. The van der Waals surface area contributed by atoms with Crippen LogP contribution in [0.1, 0.15) is 26.9 Å². The number of hydrogen-bond acceptors (Lipinski definition) is 4. The molecule has 134 valence electrons. The number of hydrogen-bond donors (Lipinski definition) is 0. The van der Waals surface area contributed by atoms with Gasteiger partial charge in [-0.3, -0.25) is 4.79 Å². The van der Waals surface area contributed by atoms with Crippen molar-refractivity contribution in [3.8, 4) is 0 Å². The number of carbonyl (C=O) groups excluding carboxylic acids is 1. The highest BCUT2D eigenvalue weighted by Crippen LogP contribution is 2.32. The van der Waals surface area contributed by atoms with E-state index in [1.165, 1.54) is 16.2 Å². The molecular weight excluding hydrogens is 375 g/mol. The van der Waals surface area contributed by atoms with Crippen LogP contribution in [0.25, 0.3) is 0 Å². The van der Waals surface area contributed by atoms with E-state index in [0.717, 1.165) is 6.07 Å². The number of benzene rings is 1. The molecule has 1 aromatic heterocycles. The van der Waals surface area contributed by atoms with Crippen LogP contribution in [0.3, 0.4) is 0 Å². The van der Waals surface area contributed by atoms with E-state index in [-0.39, 0.29) is 25.3 Å². The van der Waals surface area contributed by atoms with Crippen LogP contribution >= 0.6 is 11.3 Å². The van der Waals surface area contributed by atoms with Crippen molar-refractivity contribution >= 4 is 27.1 Å². The second-order valence-corrected chi connectivity index (χ2v) is 8.96. The number of sulfone groups is 1. The van der Waals surface area contributed by atoms with Gasteiger partial charge in [0.25, 0.3) is 5.91 Å². The van der Waals surface area contributed by atoms with E-state index in [2.05, 4.69) is 0 Å². The molecule has 1 aromatic carbocycles. The first-order chi connectivity index (χ1) is 11.8. The molecule has 1 saturated heterocycles. The Kier molecular flexibility index (Phi) is 4.88. The van der Waals surface area contributed by atoms with E-state index in [9.17, 15) is 26.4 Å². The molecule has 1 aliphatic rings. The molecule has 0 unspecified atom stereocenters. The lowest BCUT2D eigenvalue weighted by atomic mass is 10.1. The molecule has 9 heteroatoms. The van der Waals surface area contributed by atoms with Crippen molar-refractivity contribution < 1.29 is 26.4 Å². The van der Waals surface area contributed by atoms with Crippen molar-refractivity contribution in [2.75, 3.05) is 18.8 Å². The Morgan fingerprint density at radius 3 is 2.56 bits per heavy atom. The molecule has 3 rings (SSSR count). The third kappa shape index (κ3) is 3.43. The highest BCUT2D eigenvalue weighted by Gasteiger charge is 2.34. The number of carbonyl (C=O) groups is 1. The number of nitrogens with zero attached hydrogens (tertiary/aromatic N) is 1. The van der Waals surface area contributed by atoms with Gasteiger partial charge in [0.2, 0.25) is 0 Å². The summed E-state index contributed by atoms with van der Waals surface area (Å²) in [5, 5.41) is 1.05. The van der Waals surface area contributed by atoms with Crippen LogP contribution in [0.4, 0.5) is 13.2 Å². The summed E-state index contributed by atoms with van der Waals surface area (Å²) in [5.74, 6) is -5.78. The number of thiophene rings is 1. The minimum absolute atomic E-state index is 0.0824. The van der Waals surface area contributed by atoms with Crippen molar-refractivity contribution in [1.82, 2.24) is 4.90 Å². The Balaban J connectivity index is 1.86. The van der Waals surface area contributed by atoms with Gasteiger partial charge in [0, 0.05) is 18.0 Å². The Morgan fingerprint density at radius 2 is 1.88 bits per heavy atom. The van der Waals surface area contributed by atoms with E-state index in [1.807, 2.05) is 0 Å². The van der Waals surface area contributed by atoms with Crippen molar-refractivity contribution in [2.24, 2.45) is 0 Å². The van der Waals surface area contributed by atoms with Gasteiger partial charge in [0.15, 0.2) is 27.3 Å². The van der Waals surface area contributed by atoms with E-state index in [4.69, 9.17) is 0 Å². The van der Waals surface area contributed by atoms with E-state index >= 15 is 0 Å². The van der Waals surface area contributed by atoms with Gasteiger partial charge < -0.3 is 4.90 Å². The van der Waals surface area contributed by atoms with Crippen LogP contribution < -0.4 is 0 Å². The van der Waals surface area contributed by atoms with Crippen LogP contribution in [0.15, 0.2) is 29.6 Å². The average molecular weight is 389 g/mol. The molecule has 1 fully saturated rings. The first-order valence-corrected chi connectivity index (χ1v) is 10.1. The Bertz CT molecular complexity index is 898. The first-order valence-electron chi connectivity index (χ1n) is 7.49. The summed E-state index contributed by atoms with van der Waals surface area (Å²) in [6.07, 6.45) is 0.167. The van der Waals surface area contributed by atoms with Crippen LogP contribution in [0, 0.1) is 17.5 Å². The van der Waals surface area contributed by atoms with Crippen molar-refractivity contribution in [3.05, 3.63) is 57.5 Å². The smallest absolute Gasteiger partial charge is 0.256 e. The molecule has 0 saturated carbocycles. The standard InChI is InChI=1S/C16H14F3NO3S2/c17-11-4-3-10(14(18)15(11)19)16(21)20-6-5-13(12-2-1-8-24-12)25(22,23)9-7-20/h1-4,8,13H,5-7,9H2/t13-/m1/s1. The lowest BCUT2D eigenvalue weighted by Crippen LogP contribution is -2.34. The maximum atomic E-state index is 13.8. The van der Waals surface area contributed by atoms with Crippen LogP contribution in [-0.2, 0) is 9.84 Å². The monoisotopic (exact) mass is 389 g/mol. The molecule has 25 heavy (non-hydrogen) atoms. The van der Waals surface area contributed by atoms with Crippen molar-refractivity contribution in [2.45, 2.75) is 11.7 Å². The summed E-state index contributed by atoms with van der Waals surface area (Å²) in [5.41, 5.74) is -0.606. The summed E-state index contributed by atoms with van der Waals surface area (Å²) in [4.78, 5) is 14.3. The van der Waals surface area contributed by atoms with Gasteiger partial charge >= 0.3 is 0 Å². The molecule has 4 nitrogen and oxygen atoms in total. The molecule has 1 atom stereocenters. The third-order valence-electron chi connectivity index (χ3n) is 4.15. The van der Waals surface area contributed by atoms with Crippen LogP contribution in [-0.4, -0.2) is 38.1 Å². The van der Waals surface area contributed by atoms with E-state index in [0.29, 0.717) is 10.9 Å². The maximum absolute atomic E-state index is 13.8. The van der Waals surface area contributed by atoms with E-state index < -0.39 is 44.0 Å². The van der Waals surface area contributed by atoms with E-state index in [1.54, 1.807) is 17.5 Å². The second-order valence-electron chi connectivity index (χ2n) is 5.67. The minimum Gasteiger partial charge on any atom is -0.337 e. The van der Waals surface area contributed by atoms with Gasteiger partial charge in [-0.05, 0) is 30.0 Å². The highest BCUT2D eigenvalue weighted by molar-refractivity contribution is 7.91. The van der Waals surface area contributed by atoms with Crippen molar-refractivity contribution in [1.29, 1.82) is 0 Å². The lowest BCUT2D eigenvalue weighted by Gasteiger charge is -2.20. The van der Waals surface area contributed by atoms with Gasteiger partial charge in [-0.25, -0.2) is 21.6 Å². The van der Waals surface area contributed by atoms with Gasteiger partial charge in [-0.2, -0.15) is 0 Å². The quantitative estimate of drug-likeness (QED) is 0.742. The predicted molar refractivity (Wildman–Crippen MR) is 87.7 cm³/mol. The fraction of sp³-hybridized carbons (Fsp3) is 0.312. The Morgan fingerprint density at radius 1 is 1.12 bits per heavy atom. The van der Waals surface area contributed by atoms with Gasteiger partial charge in [-0.15, -0.1) is 11.3 Å². The summed E-state index contributed by atoms with van der Waals surface area (Å²) in [6, 6.07) is 5.01. The Labute approximate surface area is 146 Å². The zero-order valence-electron chi connectivity index (χ0n) is 12.9. The Hall–Kier alpha value is -1.87. The fourth-order valence-electron chi connectivity index (χ4n) is 2.80. The molecule has 1 amide bonds. The topological polar surface area (TPSA) is 54.5 Å². The molecular formula is C16H14F3NO3S2. The van der Waals surface area contributed by atoms with Gasteiger partial charge in [0.1, 0.15) is 0 Å². The maximum Gasteiger partial charge on any atom is 0.256 e. The summed E-state index contributed by atoms with van der Waals surface area (Å²) in [7, 11) is -3.47. The molecule has 0 radical (unpaired) electrons. The summed E-state index contributed by atoms with van der Waals surface area (Å²) >= 11 is 1.32. The summed E-state index contributed by atoms with van der Waals surface area (Å²) < 4.78 is 65.1. The first kappa shape index (κ1) is 17.9. The van der Waals surface area contributed by atoms with Crippen LogP contribution in [0.2, 0.25) is 0 Å². The molecule has 0 aliphatic carbocycles. The second kappa shape index (κ2) is 6.80. The zero-order valence-corrected chi connectivity index (χ0v) is 14.5. The normalized spacial score (nSPS) is 20.3. The van der Waals surface area contributed by atoms with Crippen LogP contribution in [0.5, 0.6) is 0 Å².